The third kappa shape index (κ3) is 3.96. The molecule has 0 aliphatic rings. The quantitative estimate of drug-likeness (QED) is 0.218. The molecule has 2 nitrogen and oxygen atoms in total. The fourth-order valence-corrected chi connectivity index (χ4v) is 4.50. The molecular weight excluding hydrogens is 398 g/mol. The summed E-state index contributed by atoms with van der Waals surface area (Å²) in [4.78, 5) is 18.7. The molecule has 0 aliphatic carbocycles. The first kappa shape index (κ1) is 19.2. The number of aromatic nitrogens is 1. The molecule has 5 aromatic rings. The van der Waals surface area contributed by atoms with Gasteiger partial charge >= 0.3 is 0 Å². The summed E-state index contributed by atoms with van der Waals surface area (Å²) >= 11 is 1.69. The SMILES string of the molecule is O=C(C=Cc1cccc(-c2ccc3ccccc3n2)c1-c1cccs1)c1ccccc1. The second-order valence-corrected chi connectivity index (χ2v) is 8.15. The van der Waals surface area contributed by atoms with Crippen molar-refractivity contribution in [3.05, 3.63) is 120 Å². The van der Waals surface area contributed by atoms with Crippen LogP contribution in [0.2, 0.25) is 0 Å². The van der Waals surface area contributed by atoms with Gasteiger partial charge in [0.1, 0.15) is 0 Å². The molecule has 0 saturated heterocycles. The summed E-state index contributed by atoms with van der Waals surface area (Å²) in [6.45, 7) is 0. The van der Waals surface area contributed by atoms with Gasteiger partial charge in [-0.2, -0.15) is 0 Å². The van der Waals surface area contributed by atoms with E-state index in [0.717, 1.165) is 38.2 Å². The molecule has 0 saturated carbocycles. The average Bonchev–Trinajstić information content (AvgIpc) is 3.37. The number of carbonyl (C=O) groups excluding carboxylic acids is 1. The van der Waals surface area contributed by atoms with Gasteiger partial charge in [0.15, 0.2) is 5.78 Å². The Kier molecular flexibility index (Phi) is 5.26. The van der Waals surface area contributed by atoms with E-state index in [-0.39, 0.29) is 5.78 Å². The normalized spacial score (nSPS) is 11.2. The molecule has 0 unspecified atom stereocenters. The summed E-state index contributed by atoms with van der Waals surface area (Å²) in [5.74, 6) is -0.00744. The van der Waals surface area contributed by atoms with E-state index in [4.69, 9.17) is 4.98 Å². The smallest absolute Gasteiger partial charge is 0.185 e. The molecule has 2 heterocycles. The van der Waals surface area contributed by atoms with Gasteiger partial charge in [0.05, 0.1) is 11.2 Å². The number of thiophene rings is 1. The molecule has 0 amide bonds. The Balaban J connectivity index is 1.62. The highest BCUT2D eigenvalue weighted by Crippen LogP contribution is 2.38. The Hall–Kier alpha value is -3.82. The molecule has 2 aromatic heterocycles. The molecule has 148 valence electrons. The molecule has 3 aromatic carbocycles. The van der Waals surface area contributed by atoms with Gasteiger partial charge in [-0.25, -0.2) is 4.98 Å². The lowest BCUT2D eigenvalue weighted by atomic mass is 9.96. The lowest BCUT2D eigenvalue weighted by molar-refractivity contribution is 0.104. The summed E-state index contributed by atoms with van der Waals surface area (Å²) in [7, 11) is 0. The van der Waals surface area contributed by atoms with Gasteiger partial charge in [-0.05, 0) is 35.2 Å². The van der Waals surface area contributed by atoms with E-state index in [1.54, 1.807) is 17.4 Å². The number of carbonyl (C=O) groups is 1. The van der Waals surface area contributed by atoms with Crippen molar-refractivity contribution < 1.29 is 4.79 Å². The minimum Gasteiger partial charge on any atom is -0.289 e. The molecule has 0 spiro atoms. The van der Waals surface area contributed by atoms with Gasteiger partial charge in [0, 0.05) is 27.0 Å². The lowest BCUT2D eigenvalue weighted by Crippen LogP contribution is -1.94. The van der Waals surface area contributed by atoms with Crippen molar-refractivity contribution >= 4 is 34.1 Å². The Morgan fingerprint density at radius 2 is 1.61 bits per heavy atom. The van der Waals surface area contributed by atoms with Crippen molar-refractivity contribution in [1.82, 2.24) is 4.98 Å². The first-order chi connectivity index (χ1) is 15.3. The molecule has 31 heavy (non-hydrogen) atoms. The number of hydrogen-bond donors (Lipinski definition) is 0. The fourth-order valence-electron chi connectivity index (χ4n) is 3.70. The monoisotopic (exact) mass is 417 g/mol. The van der Waals surface area contributed by atoms with E-state index in [1.807, 2.05) is 72.8 Å². The Labute approximate surface area is 185 Å². The predicted octanol–water partition coefficient (Wildman–Crippen LogP) is 7.53. The molecule has 0 aliphatic heterocycles. The second-order valence-electron chi connectivity index (χ2n) is 7.20. The topological polar surface area (TPSA) is 30.0 Å². The number of ketones is 1. The van der Waals surface area contributed by atoms with Gasteiger partial charge in [-0.3, -0.25) is 4.79 Å². The van der Waals surface area contributed by atoms with Crippen LogP contribution in [0.25, 0.3) is 38.7 Å². The minimum atomic E-state index is -0.00744. The van der Waals surface area contributed by atoms with Crippen molar-refractivity contribution in [3.8, 4) is 21.7 Å². The third-order valence-corrected chi connectivity index (χ3v) is 6.10. The van der Waals surface area contributed by atoms with Crippen molar-refractivity contribution in [1.29, 1.82) is 0 Å². The molecule has 0 N–H and O–H groups in total. The van der Waals surface area contributed by atoms with E-state index < -0.39 is 0 Å². The minimum absolute atomic E-state index is 0.00744. The summed E-state index contributed by atoms with van der Waals surface area (Å²) in [5, 5.41) is 3.19. The molecule has 3 heteroatoms. The lowest BCUT2D eigenvalue weighted by Gasteiger charge is -2.12. The largest absolute Gasteiger partial charge is 0.289 e. The van der Waals surface area contributed by atoms with Crippen LogP contribution >= 0.6 is 11.3 Å². The van der Waals surface area contributed by atoms with Gasteiger partial charge in [-0.15, -0.1) is 11.3 Å². The standard InChI is InChI=1S/C28H19NOS/c30-26(21-9-2-1-3-10-21)18-16-22-11-6-12-23(28(22)27-14-7-19-31-27)25-17-15-20-8-4-5-13-24(20)29-25/h1-19H. The van der Waals surface area contributed by atoms with Crippen LogP contribution < -0.4 is 0 Å². The number of allylic oxidation sites excluding steroid dienone is 1. The Bertz CT molecular complexity index is 1390. The maximum Gasteiger partial charge on any atom is 0.185 e. The van der Waals surface area contributed by atoms with Gasteiger partial charge in [-0.1, -0.05) is 84.9 Å². The zero-order chi connectivity index (χ0) is 21.0. The van der Waals surface area contributed by atoms with Gasteiger partial charge in [0.2, 0.25) is 0 Å². The van der Waals surface area contributed by atoms with Crippen LogP contribution in [0.3, 0.4) is 0 Å². The third-order valence-electron chi connectivity index (χ3n) is 5.21. The number of nitrogens with zero attached hydrogens (tertiary/aromatic N) is 1. The molecular formula is C28H19NOS. The first-order valence-electron chi connectivity index (χ1n) is 10.1. The summed E-state index contributed by atoms with van der Waals surface area (Å²) < 4.78 is 0. The van der Waals surface area contributed by atoms with Crippen molar-refractivity contribution in [3.63, 3.8) is 0 Å². The van der Waals surface area contributed by atoms with Gasteiger partial charge < -0.3 is 0 Å². The number of benzene rings is 3. The zero-order valence-corrected chi connectivity index (χ0v) is 17.5. The summed E-state index contributed by atoms with van der Waals surface area (Å²) in [6, 6.07) is 32.0. The maximum absolute atomic E-state index is 12.6. The second kappa shape index (κ2) is 8.50. The Morgan fingerprint density at radius 1 is 0.774 bits per heavy atom. The van der Waals surface area contributed by atoms with E-state index in [2.05, 4.69) is 35.7 Å². The van der Waals surface area contributed by atoms with Gasteiger partial charge in [0.25, 0.3) is 0 Å². The highest BCUT2D eigenvalue weighted by Gasteiger charge is 2.14. The van der Waals surface area contributed by atoms with Crippen LogP contribution in [-0.2, 0) is 0 Å². The van der Waals surface area contributed by atoms with Crippen LogP contribution in [0, 0.1) is 0 Å². The number of para-hydroxylation sites is 1. The summed E-state index contributed by atoms with van der Waals surface area (Å²) in [5.41, 5.74) is 5.73. The molecule has 0 atom stereocenters. The average molecular weight is 418 g/mol. The zero-order valence-electron chi connectivity index (χ0n) is 16.7. The number of pyridine rings is 1. The molecule has 5 rings (SSSR count). The van der Waals surface area contributed by atoms with E-state index >= 15 is 0 Å². The Morgan fingerprint density at radius 3 is 2.45 bits per heavy atom. The van der Waals surface area contributed by atoms with Crippen LogP contribution in [0.5, 0.6) is 0 Å². The van der Waals surface area contributed by atoms with Crippen molar-refractivity contribution in [2.24, 2.45) is 0 Å². The molecule has 0 radical (unpaired) electrons. The van der Waals surface area contributed by atoms with E-state index in [1.165, 1.54) is 0 Å². The van der Waals surface area contributed by atoms with E-state index in [9.17, 15) is 4.79 Å². The van der Waals surface area contributed by atoms with Crippen LogP contribution in [-0.4, -0.2) is 10.8 Å². The predicted molar refractivity (Wildman–Crippen MR) is 130 cm³/mol. The number of fused-ring (bicyclic) bond motifs is 1. The fraction of sp³-hybridized carbons (Fsp3) is 0. The number of rotatable bonds is 5. The highest BCUT2D eigenvalue weighted by molar-refractivity contribution is 7.13. The van der Waals surface area contributed by atoms with Crippen LogP contribution in [0.4, 0.5) is 0 Å². The molecule has 0 fully saturated rings. The van der Waals surface area contributed by atoms with Crippen LogP contribution in [0.1, 0.15) is 15.9 Å². The van der Waals surface area contributed by atoms with Crippen LogP contribution in [0.15, 0.2) is 109 Å². The molecule has 0 bridgehead atoms. The highest BCUT2D eigenvalue weighted by atomic mass is 32.1. The van der Waals surface area contributed by atoms with Crippen molar-refractivity contribution in [2.75, 3.05) is 0 Å². The maximum atomic E-state index is 12.6. The van der Waals surface area contributed by atoms with E-state index in [0.29, 0.717) is 5.56 Å². The van der Waals surface area contributed by atoms with Crippen molar-refractivity contribution in [2.45, 2.75) is 0 Å². The first-order valence-corrected chi connectivity index (χ1v) is 11.0. The summed E-state index contributed by atoms with van der Waals surface area (Å²) in [6.07, 6.45) is 3.56. The number of hydrogen-bond acceptors (Lipinski definition) is 3.